The smallest absolute Gasteiger partial charge is 0.246 e. The number of hydrogen-bond donors (Lipinski definition) is 3. The molecule has 10 heteroatoms. The molecule has 2 amide bonds. The molecule has 0 aliphatic heterocycles. The van der Waals surface area contributed by atoms with Crippen molar-refractivity contribution in [3.05, 3.63) is 54.0 Å². The number of nitrogens with zero attached hydrogens (tertiary/aromatic N) is 4. The van der Waals surface area contributed by atoms with Crippen molar-refractivity contribution >= 4 is 29.3 Å². The average molecular weight is 564 g/mol. The van der Waals surface area contributed by atoms with Crippen LogP contribution in [0.2, 0.25) is 0 Å². The molecule has 0 spiro atoms. The highest BCUT2D eigenvalue weighted by Gasteiger charge is 2.26. The third kappa shape index (κ3) is 10.2. The summed E-state index contributed by atoms with van der Waals surface area (Å²) in [5.74, 6) is 7.12. The van der Waals surface area contributed by atoms with Gasteiger partial charge >= 0.3 is 0 Å². The summed E-state index contributed by atoms with van der Waals surface area (Å²) in [6, 6.07) is 5.43. The maximum atomic E-state index is 13.2. The van der Waals surface area contributed by atoms with Crippen LogP contribution < -0.4 is 16.0 Å². The summed E-state index contributed by atoms with van der Waals surface area (Å²) in [7, 11) is 5.50. The first kappa shape index (κ1) is 31.6. The quantitative estimate of drug-likeness (QED) is 0.279. The molecule has 3 atom stereocenters. The minimum atomic E-state index is -0.579. The summed E-state index contributed by atoms with van der Waals surface area (Å²) in [5, 5.41) is 9.55. The second kappa shape index (κ2) is 15.7. The van der Waals surface area contributed by atoms with Gasteiger partial charge in [0.2, 0.25) is 17.8 Å². The molecule has 1 aliphatic rings. The molecule has 0 bridgehead atoms. The summed E-state index contributed by atoms with van der Waals surface area (Å²) in [4.78, 5) is 37.8. The van der Waals surface area contributed by atoms with Gasteiger partial charge in [-0.2, -0.15) is 4.98 Å². The van der Waals surface area contributed by atoms with Crippen molar-refractivity contribution in [1.82, 2.24) is 25.1 Å². The normalized spacial score (nSPS) is 17.4. The molecule has 1 saturated carbocycles. The minimum Gasteiger partial charge on any atom is -0.369 e. The van der Waals surface area contributed by atoms with Gasteiger partial charge in [-0.3, -0.25) is 9.59 Å². The standard InChI is InChI=1S/C31H42FN7O2/c1-6-18-33-29-24(21-34-31(37-29)36-26-16-14-25(32)15-17-26)13-12-23-9-7-10-27(20-23)35-30(41)22(2)39(5)28(40)11-8-19-38(3)4/h8,11,14-17,21-23,27H,6-7,9-10,18-20H2,1-5H3,(H,35,41)(H2,33,34,36,37)/b11-8+/t22-,23-,27-/m0/s1. The van der Waals surface area contributed by atoms with Crippen molar-refractivity contribution in [3.8, 4) is 11.8 Å². The Morgan fingerprint density at radius 1 is 1.20 bits per heavy atom. The number of amides is 2. The van der Waals surface area contributed by atoms with E-state index in [9.17, 15) is 14.0 Å². The number of rotatable bonds is 11. The molecule has 0 radical (unpaired) electrons. The lowest BCUT2D eigenvalue weighted by Crippen LogP contribution is -2.49. The molecule has 0 unspecified atom stereocenters. The number of anilines is 3. The summed E-state index contributed by atoms with van der Waals surface area (Å²) < 4.78 is 13.2. The highest BCUT2D eigenvalue weighted by molar-refractivity contribution is 5.92. The van der Waals surface area contributed by atoms with Crippen LogP contribution in [-0.4, -0.2) is 77.9 Å². The van der Waals surface area contributed by atoms with Crippen LogP contribution in [0.15, 0.2) is 42.6 Å². The van der Waals surface area contributed by atoms with Crippen molar-refractivity contribution in [1.29, 1.82) is 0 Å². The van der Waals surface area contributed by atoms with E-state index in [0.29, 0.717) is 29.6 Å². The summed E-state index contributed by atoms with van der Waals surface area (Å²) in [6.45, 7) is 5.21. The highest BCUT2D eigenvalue weighted by Crippen LogP contribution is 2.25. The Morgan fingerprint density at radius 3 is 2.66 bits per heavy atom. The predicted octanol–water partition coefficient (Wildman–Crippen LogP) is 4.17. The van der Waals surface area contributed by atoms with E-state index in [1.54, 1.807) is 38.4 Å². The fraction of sp³-hybridized carbons (Fsp3) is 0.484. The number of nitrogens with one attached hydrogen (secondary N) is 3. The second-order valence-corrected chi connectivity index (χ2v) is 10.6. The lowest BCUT2D eigenvalue weighted by molar-refractivity contribution is -0.135. The SMILES string of the molecule is CCCNc1nc(Nc2ccc(F)cc2)ncc1C#C[C@@H]1CCC[C@H](NC(=O)[C@H](C)N(C)C(=O)/C=C/CN(C)C)C1. The van der Waals surface area contributed by atoms with Crippen LogP contribution in [0.25, 0.3) is 0 Å². The molecule has 1 aromatic heterocycles. The van der Waals surface area contributed by atoms with Gasteiger partial charge < -0.3 is 25.8 Å². The zero-order chi connectivity index (χ0) is 29.8. The fourth-order valence-corrected chi connectivity index (χ4v) is 4.38. The van der Waals surface area contributed by atoms with Gasteiger partial charge in [0.25, 0.3) is 0 Å². The Bertz CT molecular complexity index is 1250. The van der Waals surface area contributed by atoms with E-state index in [4.69, 9.17) is 0 Å². The van der Waals surface area contributed by atoms with Crippen LogP contribution >= 0.6 is 0 Å². The molecule has 1 heterocycles. The van der Waals surface area contributed by atoms with E-state index >= 15 is 0 Å². The Morgan fingerprint density at radius 2 is 1.95 bits per heavy atom. The van der Waals surface area contributed by atoms with Crippen molar-refractivity contribution < 1.29 is 14.0 Å². The number of aromatic nitrogens is 2. The minimum absolute atomic E-state index is 0.00186. The number of halogens is 1. The predicted molar refractivity (Wildman–Crippen MR) is 161 cm³/mol. The molecule has 220 valence electrons. The van der Waals surface area contributed by atoms with Crippen molar-refractivity contribution in [2.75, 3.05) is 44.9 Å². The third-order valence-corrected chi connectivity index (χ3v) is 6.90. The van der Waals surface area contributed by atoms with Crippen LogP contribution in [0.3, 0.4) is 0 Å². The monoisotopic (exact) mass is 563 g/mol. The summed E-state index contributed by atoms with van der Waals surface area (Å²) in [6.07, 6.45) is 9.44. The summed E-state index contributed by atoms with van der Waals surface area (Å²) in [5.41, 5.74) is 1.39. The molecule has 1 aromatic carbocycles. The van der Waals surface area contributed by atoms with Gasteiger partial charge in [0, 0.05) is 43.9 Å². The molecular weight excluding hydrogens is 521 g/mol. The Kier molecular flexibility index (Phi) is 12.1. The maximum Gasteiger partial charge on any atom is 0.246 e. The fourth-order valence-electron chi connectivity index (χ4n) is 4.38. The molecule has 3 N–H and O–H groups in total. The molecule has 1 aliphatic carbocycles. The van der Waals surface area contributed by atoms with E-state index < -0.39 is 6.04 Å². The van der Waals surface area contributed by atoms with Crippen LogP contribution in [0, 0.1) is 23.6 Å². The van der Waals surface area contributed by atoms with E-state index in [2.05, 4.69) is 44.7 Å². The number of carbonyl (C=O) groups is 2. The molecular formula is C31H42FN7O2. The number of likely N-dealkylation sites (N-methyl/N-ethyl adjacent to an activating group) is 2. The lowest BCUT2D eigenvalue weighted by atomic mass is 9.86. The molecule has 3 rings (SSSR count). The number of hydrogen-bond acceptors (Lipinski definition) is 7. The maximum absolute atomic E-state index is 13.2. The van der Waals surface area contributed by atoms with E-state index in [0.717, 1.165) is 38.6 Å². The van der Waals surface area contributed by atoms with Crippen LogP contribution in [0.5, 0.6) is 0 Å². The summed E-state index contributed by atoms with van der Waals surface area (Å²) >= 11 is 0. The molecule has 1 fully saturated rings. The zero-order valence-electron chi connectivity index (χ0n) is 24.7. The van der Waals surface area contributed by atoms with Crippen LogP contribution in [0.4, 0.5) is 21.8 Å². The van der Waals surface area contributed by atoms with Gasteiger partial charge in [-0.1, -0.05) is 31.3 Å². The van der Waals surface area contributed by atoms with E-state index in [1.807, 2.05) is 19.0 Å². The first-order chi connectivity index (χ1) is 19.7. The van der Waals surface area contributed by atoms with Crippen molar-refractivity contribution in [3.63, 3.8) is 0 Å². The van der Waals surface area contributed by atoms with Crippen molar-refractivity contribution in [2.24, 2.45) is 5.92 Å². The largest absolute Gasteiger partial charge is 0.369 e. The number of carbonyl (C=O) groups excluding carboxylic acids is 2. The lowest BCUT2D eigenvalue weighted by Gasteiger charge is -2.30. The molecule has 41 heavy (non-hydrogen) atoms. The first-order valence-corrected chi connectivity index (χ1v) is 14.2. The van der Waals surface area contributed by atoms with Gasteiger partial charge in [-0.05, 0) is 71.0 Å². The van der Waals surface area contributed by atoms with E-state index in [-0.39, 0.29) is 29.6 Å². The zero-order valence-corrected chi connectivity index (χ0v) is 24.7. The van der Waals surface area contributed by atoms with Crippen LogP contribution in [0.1, 0.15) is 51.5 Å². The van der Waals surface area contributed by atoms with Crippen molar-refractivity contribution in [2.45, 2.75) is 58.0 Å². The molecule has 9 nitrogen and oxygen atoms in total. The second-order valence-electron chi connectivity index (χ2n) is 10.6. The van der Waals surface area contributed by atoms with Gasteiger partial charge in [0.1, 0.15) is 17.7 Å². The van der Waals surface area contributed by atoms with Gasteiger partial charge in [0.05, 0.1) is 11.8 Å². The topological polar surface area (TPSA) is 102 Å². The van der Waals surface area contributed by atoms with Gasteiger partial charge in [-0.25, -0.2) is 9.37 Å². The van der Waals surface area contributed by atoms with Crippen LogP contribution in [-0.2, 0) is 9.59 Å². The van der Waals surface area contributed by atoms with E-state index in [1.165, 1.54) is 23.1 Å². The molecule has 2 aromatic rings. The third-order valence-electron chi connectivity index (χ3n) is 6.90. The average Bonchev–Trinajstić information content (AvgIpc) is 2.95. The first-order valence-electron chi connectivity index (χ1n) is 14.2. The molecule has 0 saturated heterocycles. The van der Waals surface area contributed by atoms with Gasteiger partial charge in [0.15, 0.2) is 0 Å². The Labute approximate surface area is 243 Å². The Hall–Kier alpha value is -3.97. The Balaban J connectivity index is 1.62. The number of benzene rings is 1. The highest BCUT2D eigenvalue weighted by atomic mass is 19.1. The van der Waals surface area contributed by atoms with Gasteiger partial charge in [-0.15, -0.1) is 0 Å².